The van der Waals surface area contributed by atoms with Crippen molar-refractivity contribution >= 4 is 5.97 Å². The Kier molecular flexibility index (Phi) is 7.72. The van der Waals surface area contributed by atoms with E-state index in [9.17, 15) is 22.4 Å². The lowest BCUT2D eigenvalue weighted by molar-refractivity contribution is -0.279. The summed E-state index contributed by atoms with van der Waals surface area (Å²) in [5.41, 5.74) is -2.10. The van der Waals surface area contributed by atoms with Crippen LogP contribution in [0.2, 0.25) is 0 Å². The summed E-state index contributed by atoms with van der Waals surface area (Å²) in [5.74, 6) is -1.91. The van der Waals surface area contributed by atoms with Crippen LogP contribution in [0.4, 0.5) is 17.6 Å². The van der Waals surface area contributed by atoms with Crippen LogP contribution < -0.4 is 0 Å². The van der Waals surface area contributed by atoms with Crippen LogP contribution in [-0.4, -0.2) is 43.4 Å². The van der Waals surface area contributed by atoms with Gasteiger partial charge in [-0.05, 0) is 50.9 Å². The Morgan fingerprint density at radius 3 is 2.65 bits per heavy atom. The van der Waals surface area contributed by atoms with Gasteiger partial charge in [0.25, 0.3) is 0 Å². The van der Waals surface area contributed by atoms with E-state index in [-0.39, 0.29) is 18.3 Å². The summed E-state index contributed by atoms with van der Waals surface area (Å²) >= 11 is 0. The molecule has 1 saturated carbocycles. The van der Waals surface area contributed by atoms with Crippen LogP contribution in [-0.2, 0) is 19.0 Å². The Morgan fingerprint density at radius 1 is 1.29 bits per heavy atom. The molecule has 2 heterocycles. The Morgan fingerprint density at radius 2 is 2.03 bits per heavy atom. The number of rotatable bonds is 8. The van der Waals surface area contributed by atoms with Gasteiger partial charge >= 0.3 is 12.1 Å². The number of ether oxygens (including phenoxy) is 3. The number of carbonyl (C=O) groups is 1. The first-order chi connectivity index (χ1) is 14.6. The Labute approximate surface area is 181 Å². The van der Waals surface area contributed by atoms with Crippen molar-refractivity contribution in [3.05, 3.63) is 12.2 Å². The predicted octanol–water partition coefficient (Wildman–Crippen LogP) is 5.75. The number of hydrogen-bond acceptors (Lipinski definition) is 4. The minimum Gasteiger partial charge on any atom is -0.460 e. The van der Waals surface area contributed by atoms with E-state index in [1.165, 1.54) is 13.0 Å². The van der Waals surface area contributed by atoms with Gasteiger partial charge in [0.05, 0.1) is 11.5 Å². The first kappa shape index (κ1) is 24.5. The SMILES string of the molecule is CCCCC(C)(C(/C=C/[C@H]1[C@H]2[C@@H](C[C@@H]1C)OC(=O)[C@@H]2F)OC1CCCCO1)C(F)(F)F. The van der Waals surface area contributed by atoms with E-state index in [1.807, 2.05) is 13.8 Å². The van der Waals surface area contributed by atoms with Crippen molar-refractivity contribution in [2.75, 3.05) is 6.61 Å². The third kappa shape index (κ3) is 5.10. The molecule has 0 aromatic heterocycles. The van der Waals surface area contributed by atoms with E-state index >= 15 is 0 Å². The second-order valence-corrected chi connectivity index (χ2v) is 9.50. The van der Waals surface area contributed by atoms with Gasteiger partial charge in [0, 0.05) is 12.5 Å². The molecule has 3 rings (SSSR count). The number of hydrogen-bond donors (Lipinski definition) is 0. The van der Waals surface area contributed by atoms with E-state index in [1.54, 1.807) is 6.08 Å². The lowest BCUT2D eigenvalue weighted by atomic mass is 9.77. The fourth-order valence-corrected chi connectivity index (χ4v) is 5.12. The van der Waals surface area contributed by atoms with Crippen LogP contribution in [0.5, 0.6) is 0 Å². The molecular weight excluding hydrogens is 416 g/mol. The number of alkyl halides is 4. The van der Waals surface area contributed by atoms with Crippen molar-refractivity contribution in [2.45, 2.75) is 96.6 Å². The van der Waals surface area contributed by atoms with Crippen LogP contribution in [0.3, 0.4) is 0 Å². The molecule has 8 heteroatoms. The minimum atomic E-state index is -4.48. The van der Waals surface area contributed by atoms with Gasteiger partial charge in [-0.25, -0.2) is 9.18 Å². The van der Waals surface area contributed by atoms with Crippen LogP contribution in [0.1, 0.15) is 65.7 Å². The van der Waals surface area contributed by atoms with E-state index in [0.29, 0.717) is 32.3 Å². The lowest BCUT2D eigenvalue weighted by Gasteiger charge is -2.40. The van der Waals surface area contributed by atoms with Gasteiger partial charge in [-0.1, -0.05) is 38.8 Å². The van der Waals surface area contributed by atoms with Crippen LogP contribution in [0.15, 0.2) is 12.2 Å². The molecule has 2 aliphatic heterocycles. The normalized spacial score (nSPS) is 36.9. The molecule has 178 valence electrons. The highest BCUT2D eigenvalue weighted by Crippen LogP contribution is 2.49. The first-order valence-electron chi connectivity index (χ1n) is 11.4. The van der Waals surface area contributed by atoms with Gasteiger partial charge in [-0.2, -0.15) is 13.2 Å². The highest BCUT2D eigenvalue weighted by Gasteiger charge is 2.57. The summed E-state index contributed by atoms with van der Waals surface area (Å²) in [6, 6.07) is 0. The molecule has 0 amide bonds. The quantitative estimate of drug-likeness (QED) is 0.268. The van der Waals surface area contributed by atoms with Crippen molar-refractivity contribution in [2.24, 2.45) is 23.2 Å². The molecule has 0 radical (unpaired) electrons. The van der Waals surface area contributed by atoms with Gasteiger partial charge in [0.2, 0.25) is 6.17 Å². The molecule has 4 nitrogen and oxygen atoms in total. The van der Waals surface area contributed by atoms with Crippen molar-refractivity contribution < 1.29 is 36.6 Å². The van der Waals surface area contributed by atoms with Gasteiger partial charge in [0.15, 0.2) is 6.29 Å². The van der Waals surface area contributed by atoms with Gasteiger partial charge < -0.3 is 14.2 Å². The number of halogens is 4. The number of carbonyl (C=O) groups excluding carboxylic acids is 1. The summed E-state index contributed by atoms with van der Waals surface area (Å²) in [6.07, 6.45) is -1.87. The molecule has 3 fully saturated rings. The maximum Gasteiger partial charge on any atom is 0.397 e. The lowest BCUT2D eigenvalue weighted by Crippen LogP contribution is -2.47. The molecule has 1 aliphatic carbocycles. The fourth-order valence-electron chi connectivity index (χ4n) is 5.12. The smallest absolute Gasteiger partial charge is 0.397 e. The second kappa shape index (κ2) is 9.77. The maximum absolute atomic E-state index is 14.4. The van der Waals surface area contributed by atoms with E-state index < -0.39 is 48.1 Å². The second-order valence-electron chi connectivity index (χ2n) is 9.50. The number of esters is 1. The molecule has 8 atom stereocenters. The van der Waals surface area contributed by atoms with Gasteiger partial charge in [0.1, 0.15) is 6.10 Å². The summed E-state index contributed by atoms with van der Waals surface area (Å²) < 4.78 is 73.8. The highest BCUT2D eigenvalue weighted by molar-refractivity contribution is 5.77. The zero-order valence-electron chi connectivity index (χ0n) is 18.5. The summed E-state index contributed by atoms with van der Waals surface area (Å²) in [5, 5.41) is 0. The molecule has 0 aromatic rings. The maximum atomic E-state index is 14.4. The van der Waals surface area contributed by atoms with E-state index in [2.05, 4.69) is 0 Å². The highest BCUT2D eigenvalue weighted by atomic mass is 19.4. The summed E-state index contributed by atoms with van der Waals surface area (Å²) in [7, 11) is 0. The number of allylic oxidation sites excluding steroid dienone is 1. The minimum absolute atomic E-state index is 0.00281. The van der Waals surface area contributed by atoms with Crippen molar-refractivity contribution in [3.63, 3.8) is 0 Å². The molecule has 0 bridgehead atoms. The third-order valence-electron chi connectivity index (χ3n) is 7.24. The third-order valence-corrected chi connectivity index (χ3v) is 7.24. The molecule has 3 aliphatic rings. The van der Waals surface area contributed by atoms with Crippen LogP contribution in [0.25, 0.3) is 0 Å². The Balaban J connectivity index is 1.87. The van der Waals surface area contributed by atoms with Gasteiger partial charge in [-0.15, -0.1) is 0 Å². The zero-order chi connectivity index (χ0) is 22.8. The molecule has 0 spiro atoms. The molecular formula is C23H34F4O4. The topological polar surface area (TPSA) is 44.8 Å². The van der Waals surface area contributed by atoms with Crippen molar-refractivity contribution in [3.8, 4) is 0 Å². The predicted molar refractivity (Wildman–Crippen MR) is 107 cm³/mol. The van der Waals surface area contributed by atoms with E-state index in [4.69, 9.17) is 14.2 Å². The van der Waals surface area contributed by atoms with Crippen LogP contribution in [0, 0.1) is 23.2 Å². The zero-order valence-corrected chi connectivity index (χ0v) is 18.5. The molecule has 2 saturated heterocycles. The average Bonchev–Trinajstić information content (AvgIpc) is 3.17. The average molecular weight is 451 g/mol. The Hall–Kier alpha value is -1.15. The van der Waals surface area contributed by atoms with E-state index in [0.717, 1.165) is 12.8 Å². The summed E-state index contributed by atoms with van der Waals surface area (Å²) in [4.78, 5) is 11.6. The monoisotopic (exact) mass is 450 g/mol. The first-order valence-corrected chi connectivity index (χ1v) is 11.4. The number of unbranched alkanes of at least 4 members (excludes halogenated alkanes) is 1. The van der Waals surface area contributed by atoms with Gasteiger partial charge in [-0.3, -0.25) is 0 Å². The van der Waals surface area contributed by atoms with Crippen molar-refractivity contribution in [1.82, 2.24) is 0 Å². The van der Waals surface area contributed by atoms with Crippen molar-refractivity contribution in [1.29, 1.82) is 0 Å². The molecule has 31 heavy (non-hydrogen) atoms. The largest absolute Gasteiger partial charge is 0.460 e. The fraction of sp³-hybridized carbons (Fsp3) is 0.870. The summed E-state index contributed by atoms with van der Waals surface area (Å²) in [6.45, 7) is 5.42. The molecule has 0 aromatic carbocycles. The molecule has 3 unspecified atom stereocenters. The van der Waals surface area contributed by atoms with Crippen LogP contribution >= 0.6 is 0 Å². The standard InChI is InChI=1S/C23H34F4O4/c1-4-5-11-22(3,23(25,26)27)17(31-18-8-6-7-12-29-18)10-9-15-14(2)13-16-19(15)20(24)21(28)30-16/h9-10,14-20H,4-8,11-13H2,1-3H3/b10-9+/t14-,15+,16+,17?,18?,19-,20+,22?/m0/s1. The Bertz CT molecular complexity index is 646. The number of fused-ring (bicyclic) bond motifs is 1. The molecule has 0 N–H and O–H groups in total.